The molecule has 19 heavy (non-hydrogen) atoms. The van der Waals surface area contributed by atoms with Crippen molar-refractivity contribution in [3.63, 3.8) is 0 Å². The Balaban J connectivity index is 2.14. The number of hydrogen-bond donors (Lipinski definition) is 1. The lowest BCUT2D eigenvalue weighted by atomic mass is 10.3. The highest BCUT2D eigenvalue weighted by molar-refractivity contribution is 5.64. The molecule has 3 aromatic rings. The van der Waals surface area contributed by atoms with Crippen molar-refractivity contribution in [1.29, 1.82) is 0 Å². The Morgan fingerprint density at radius 3 is 2.68 bits per heavy atom. The summed E-state index contributed by atoms with van der Waals surface area (Å²) in [7, 11) is 0. The third-order valence-corrected chi connectivity index (χ3v) is 3.12. The van der Waals surface area contributed by atoms with E-state index >= 15 is 0 Å². The first kappa shape index (κ1) is 11.8. The second kappa shape index (κ2) is 4.44. The minimum atomic E-state index is -0.202. The SMILES string of the molecule is Cc1cccc2ccc(-c3cnc(C(C)N)nn3)n12. The Kier molecular flexibility index (Phi) is 2.76. The van der Waals surface area contributed by atoms with Crippen LogP contribution in [0.2, 0.25) is 0 Å². The van der Waals surface area contributed by atoms with Gasteiger partial charge >= 0.3 is 0 Å². The zero-order chi connectivity index (χ0) is 13.4. The topological polar surface area (TPSA) is 69.1 Å². The van der Waals surface area contributed by atoms with Crippen molar-refractivity contribution in [2.24, 2.45) is 5.73 Å². The van der Waals surface area contributed by atoms with Crippen LogP contribution in [-0.4, -0.2) is 19.6 Å². The van der Waals surface area contributed by atoms with E-state index in [1.165, 1.54) is 0 Å². The highest BCUT2D eigenvalue weighted by Gasteiger charge is 2.10. The first-order valence-electron chi connectivity index (χ1n) is 6.19. The largest absolute Gasteiger partial charge is 0.321 e. The van der Waals surface area contributed by atoms with Crippen molar-refractivity contribution in [3.05, 3.63) is 48.0 Å². The monoisotopic (exact) mass is 253 g/mol. The van der Waals surface area contributed by atoms with Crippen LogP contribution in [0.15, 0.2) is 36.5 Å². The summed E-state index contributed by atoms with van der Waals surface area (Å²) in [5.41, 5.74) is 9.75. The second-order valence-corrected chi connectivity index (χ2v) is 4.64. The van der Waals surface area contributed by atoms with E-state index in [0.29, 0.717) is 5.82 Å². The van der Waals surface area contributed by atoms with E-state index in [1.807, 2.05) is 19.1 Å². The Bertz CT molecular complexity index is 712. The second-order valence-electron chi connectivity index (χ2n) is 4.64. The van der Waals surface area contributed by atoms with Gasteiger partial charge in [-0.1, -0.05) is 6.07 Å². The summed E-state index contributed by atoms with van der Waals surface area (Å²) < 4.78 is 2.14. The number of nitrogens with zero attached hydrogens (tertiary/aromatic N) is 4. The van der Waals surface area contributed by atoms with Gasteiger partial charge in [-0.05, 0) is 38.1 Å². The highest BCUT2D eigenvalue weighted by Crippen LogP contribution is 2.21. The van der Waals surface area contributed by atoms with Gasteiger partial charge in [0.25, 0.3) is 0 Å². The van der Waals surface area contributed by atoms with Gasteiger partial charge in [0.2, 0.25) is 0 Å². The molecule has 0 bridgehead atoms. The molecule has 96 valence electrons. The van der Waals surface area contributed by atoms with Crippen LogP contribution in [0.3, 0.4) is 0 Å². The Hall–Kier alpha value is -2.27. The van der Waals surface area contributed by atoms with E-state index < -0.39 is 0 Å². The molecule has 0 saturated carbocycles. The van der Waals surface area contributed by atoms with Gasteiger partial charge in [0.15, 0.2) is 5.82 Å². The smallest absolute Gasteiger partial charge is 0.167 e. The predicted octanol–water partition coefficient (Wildman–Crippen LogP) is 2.12. The van der Waals surface area contributed by atoms with E-state index in [-0.39, 0.29) is 6.04 Å². The van der Waals surface area contributed by atoms with Crippen LogP contribution < -0.4 is 5.73 Å². The average Bonchev–Trinajstić information content (AvgIpc) is 2.84. The summed E-state index contributed by atoms with van der Waals surface area (Å²) in [6.07, 6.45) is 1.72. The lowest BCUT2D eigenvalue weighted by Crippen LogP contribution is -2.11. The molecule has 5 heteroatoms. The molecule has 0 aliphatic heterocycles. The van der Waals surface area contributed by atoms with E-state index in [9.17, 15) is 0 Å². The molecule has 5 nitrogen and oxygen atoms in total. The standard InChI is InChI=1S/C14H15N5/c1-9-4-3-5-11-6-7-13(19(9)11)12-8-16-14(10(2)15)18-17-12/h3-8,10H,15H2,1-2H3. The first-order chi connectivity index (χ1) is 9.16. The lowest BCUT2D eigenvalue weighted by Gasteiger charge is -2.06. The van der Waals surface area contributed by atoms with Crippen molar-refractivity contribution in [1.82, 2.24) is 19.6 Å². The number of rotatable bonds is 2. The van der Waals surface area contributed by atoms with E-state index in [2.05, 4.69) is 44.7 Å². The summed E-state index contributed by atoms with van der Waals surface area (Å²) in [5, 5.41) is 8.29. The third-order valence-electron chi connectivity index (χ3n) is 3.12. The summed E-state index contributed by atoms with van der Waals surface area (Å²) in [5.74, 6) is 0.557. The Morgan fingerprint density at radius 2 is 2.00 bits per heavy atom. The number of pyridine rings is 1. The molecular formula is C14H15N5. The number of hydrogen-bond acceptors (Lipinski definition) is 4. The van der Waals surface area contributed by atoms with Gasteiger partial charge in [0.1, 0.15) is 5.69 Å². The van der Waals surface area contributed by atoms with Crippen LogP contribution in [-0.2, 0) is 0 Å². The van der Waals surface area contributed by atoms with Gasteiger partial charge in [-0.2, -0.15) is 0 Å². The normalized spacial score (nSPS) is 12.8. The summed E-state index contributed by atoms with van der Waals surface area (Å²) in [6, 6.07) is 10.1. The van der Waals surface area contributed by atoms with Crippen LogP contribution in [0.4, 0.5) is 0 Å². The molecule has 0 amide bonds. The van der Waals surface area contributed by atoms with Gasteiger partial charge in [-0.15, -0.1) is 10.2 Å². The van der Waals surface area contributed by atoms with Gasteiger partial charge in [0.05, 0.1) is 17.9 Å². The quantitative estimate of drug-likeness (QED) is 0.759. The zero-order valence-corrected chi connectivity index (χ0v) is 10.9. The molecule has 0 fully saturated rings. The van der Waals surface area contributed by atoms with Crippen molar-refractivity contribution in [2.45, 2.75) is 19.9 Å². The Labute approximate surface area is 111 Å². The zero-order valence-electron chi connectivity index (χ0n) is 10.9. The fraction of sp³-hybridized carbons (Fsp3) is 0.214. The molecule has 3 rings (SSSR count). The highest BCUT2D eigenvalue weighted by atomic mass is 15.2. The fourth-order valence-electron chi connectivity index (χ4n) is 2.15. The average molecular weight is 253 g/mol. The summed E-state index contributed by atoms with van der Waals surface area (Å²) in [6.45, 7) is 3.90. The lowest BCUT2D eigenvalue weighted by molar-refractivity contribution is 0.709. The molecular weight excluding hydrogens is 238 g/mol. The van der Waals surface area contributed by atoms with Gasteiger partial charge < -0.3 is 10.1 Å². The predicted molar refractivity (Wildman–Crippen MR) is 73.6 cm³/mol. The molecule has 0 spiro atoms. The molecule has 3 heterocycles. The van der Waals surface area contributed by atoms with Crippen LogP contribution in [0.5, 0.6) is 0 Å². The van der Waals surface area contributed by atoms with Gasteiger partial charge in [0, 0.05) is 11.2 Å². The number of fused-ring (bicyclic) bond motifs is 1. The minimum absolute atomic E-state index is 0.202. The maximum Gasteiger partial charge on any atom is 0.167 e. The van der Waals surface area contributed by atoms with E-state index in [1.54, 1.807) is 6.20 Å². The maximum absolute atomic E-state index is 5.73. The van der Waals surface area contributed by atoms with E-state index in [4.69, 9.17) is 5.73 Å². The van der Waals surface area contributed by atoms with E-state index in [0.717, 1.165) is 22.6 Å². The molecule has 3 aromatic heterocycles. The third kappa shape index (κ3) is 1.98. The van der Waals surface area contributed by atoms with Crippen molar-refractivity contribution in [3.8, 4) is 11.4 Å². The molecule has 0 aliphatic rings. The fourth-order valence-corrected chi connectivity index (χ4v) is 2.15. The molecule has 2 N–H and O–H groups in total. The molecule has 0 saturated heterocycles. The first-order valence-corrected chi connectivity index (χ1v) is 6.19. The molecule has 0 aromatic carbocycles. The molecule has 1 unspecified atom stereocenters. The Morgan fingerprint density at radius 1 is 1.16 bits per heavy atom. The van der Waals surface area contributed by atoms with Crippen molar-refractivity contribution >= 4 is 5.52 Å². The van der Waals surface area contributed by atoms with Gasteiger partial charge in [-0.3, -0.25) is 0 Å². The molecule has 0 radical (unpaired) electrons. The molecule has 1 atom stereocenters. The van der Waals surface area contributed by atoms with Crippen molar-refractivity contribution in [2.75, 3.05) is 0 Å². The summed E-state index contributed by atoms with van der Waals surface area (Å²) >= 11 is 0. The number of nitrogens with two attached hydrogens (primary N) is 1. The van der Waals surface area contributed by atoms with Crippen LogP contribution in [0, 0.1) is 6.92 Å². The number of aromatic nitrogens is 4. The molecule has 0 aliphatic carbocycles. The van der Waals surface area contributed by atoms with Crippen LogP contribution in [0.1, 0.15) is 24.5 Å². The van der Waals surface area contributed by atoms with Crippen molar-refractivity contribution < 1.29 is 0 Å². The minimum Gasteiger partial charge on any atom is -0.321 e. The van der Waals surface area contributed by atoms with Crippen LogP contribution >= 0.6 is 0 Å². The van der Waals surface area contributed by atoms with Gasteiger partial charge in [-0.25, -0.2) is 4.98 Å². The number of aryl methyl sites for hydroxylation is 1. The summed E-state index contributed by atoms with van der Waals surface area (Å²) in [4.78, 5) is 4.26. The van der Waals surface area contributed by atoms with Crippen LogP contribution in [0.25, 0.3) is 16.9 Å². The maximum atomic E-state index is 5.73.